The van der Waals surface area contributed by atoms with Gasteiger partial charge >= 0.3 is 5.97 Å². The van der Waals surface area contributed by atoms with E-state index < -0.39 is 5.97 Å². The molecule has 0 radical (unpaired) electrons. The fourth-order valence-corrected chi connectivity index (χ4v) is 3.60. The van der Waals surface area contributed by atoms with Crippen molar-refractivity contribution in [3.63, 3.8) is 0 Å². The van der Waals surface area contributed by atoms with Gasteiger partial charge in [0.15, 0.2) is 0 Å². The molecule has 2 aromatic carbocycles. The largest absolute Gasteiger partial charge is 0.481 e. The van der Waals surface area contributed by atoms with Crippen molar-refractivity contribution in [1.29, 1.82) is 0 Å². The predicted molar refractivity (Wildman–Crippen MR) is 101 cm³/mol. The summed E-state index contributed by atoms with van der Waals surface area (Å²) in [6.07, 6.45) is 7.29. The lowest BCUT2D eigenvalue weighted by atomic mass is 9.96. The van der Waals surface area contributed by atoms with E-state index in [1.807, 2.05) is 6.07 Å². The Bertz CT molecular complexity index is 950. The van der Waals surface area contributed by atoms with Crippen molar-refractivity contribution < 1.29 is 9.90 Å². The number of aliphatic carboxylic acids is 1. The van der Waals surface area contributed by atoms with Gasteiger partial charge in [0.2, 0.25) is 0 Å². The molecule has 0 saturated heterocycles. The molecule has 0 saturated carbocycles. The normalized spacial score (nSPS) is 18.0. The maximum Gasteiger partial charge on any atom is 0.305 e. The number of aliphatic imine (C=N–C) groups is 1. The van der Waals surface area contributed by atoms with Crippen molar-refractivity contribution in [3.05, 3.63) is 82.4 Å². The molecule has 1 heterocycles. The first kappa shape index (κ1) is 15.6. The first-order valence-corrected chi connectivity index (χ1v) is 8.48. The molecule has 0 aromatic heterocycles. The number of hydrogen-bond donors (Lipinski definition) is 1. The smallest absolute Gasteiger partial charge is 0.305 e. The Hall–Kier alpha value is -2.94. The summed E-state index contributed by atoms with van der Waals surface area (Å²) in [5.41, 5.74) is 8.35. The molecule has 25 heavy (non-hydrogen) atoms. The van der Waals surface area contributed by atoms with Gasteiger partial charge in [0.1, 0.15) is 0 Å². The molecule has 3 heteroatoms. The third kappa shape index (κ3) is 2.93. The number of allylic oxidation sites excluding steroid dienone is 4. The summed E-state index contributed by atoms with van der Waals surface area (Å²) < 4.78 is 0. The van der Waals surface area contributed by atoms with Gasteiger partial charge < -0.3 is 5.11 Å². The molecule has 124 valence electrons. The van der Waals surface area contributed by atoms with Gasteiger partial charge in [-0.25, -0.2) is 0 Å². The lowest BCUT2D eigenvalue weighted by Gasteiger charge is -2.09. The molecule has 0 spiro atoms. The summed E-state index contributed by atoms with van der Waals surface area (Å²) >= 11 is 0. The Balaban J connectivity index is 1.61. The van der Waals surface area contributed by atoms with Gasteiger partial charge in [-0.05, 0) is 58.4 Å². The number of nitrogens with zero attached hydrogens (tertiary/aromatic N) is 1. The average molecular weight is 329 g/mol. The van der Waals surface area contributed by atoms with Crippen LogP contribution in [0.2, 0.25) is 0 Å². The number of aryl methyl sites for hydroxylation is 1. The highest BCUT2D eigenvalue weighted by atomic mass is 16.4. The zero-order valence-electron chi connectivity index (χ0n) is 14.1. The summed E-state index contributed by atoms with van der Waals surface area (Å²) in [6.45, 7) is 2.14. The van der Waals surface area contributed by atoms with Gasteiger partial charge in [0, 0.05) is 6.21 Å². The van der Waals surface area contributed by atoms with Gasteiger partial charge in [-0.15, -0.1) is 0 Å². The van der Waals surface area contributed by atoms with Crippen LogP contribution in [-0.2, 0) is 4.79 Å². The summed E-state index contributed by atoms with van der Waals surface area (Å²) in [5.74, 6) is -0.816. The Morgan fingerprint density at radius 1 is 1.24 bits per heavy atom. The standard InChI is InChI=1S/C22H19NO2/c1-14-4-2-3-5-19(14)17-7-6-15(10-17)16-8-9-20-18(11-16)13-23-21(20)12-22(24)25/h2-6,8-11,13,21H,7,12H2,1H3,(H,24,25). The molecule has 0 fully saturated rings. The Kier molecular flexibility index (Phi) is 3.85. The van der Waals surface area contributed by atoms with Gasteiger partial charge in [-0.3, -0.25) is 9.79 Å². The second-order valence-corrected chi connectivity index (χ2v) is 6.58. The molecule has 0 bridgehead atoms. The molecule has 1 unspecified atom stereocenters. The third-order valence-corrected chi connectivity index (χ3v) is 4.90. The van der Waals surface area contributed by atoms with Gasteiger partial charge in [-0.1, -0.05) is 48.6 Å². The number of rotatable bonds is 4. The monoisotopic (exact) mass is 329 g/mol. The minimum atomic E-state index is -0.816. The van der Waals surface area contributed by atoms with E-state index in [1.54, 1.807) is 6.21 Å². The van der Waals surface area contributed by atoms with E-state index in [0.717, 1.165) is 23.1 Å². The molecule has 0 amide bonds. The van der Waals surface area contributed by atoms with Crippen LogP contribution in [0.3, 0.4) is 0 Å². The minimum absolute atomic E-state index is 0.0445. The summed E-state index contributed by atoms with van der Waals surface area (Å²) in [7, 11) is 0. The van der Waals surface area contributed by atoms with Crippen LogP contribution in [-0.4, -0.2) is 17.3 Å². The highest BCUT2D eigenvalue weighted by Gasteiger charge is 2.22. The lowest BCUT2D eigenvalue weighted by Crippen LogP contribution is -2.02. The molecule has 3 nitrogen and oxygen atoms in total. The van der Waals surface area contributed by atoms with Crippen LogP contribution < -0.4 is 0 Å². The number of hydrogen-bond acceptors (Lipinski definition) is 2. The topological polar surface area (TPSA) is 49.7 Å². The highest BCUT2D eigenvalue weighted by molar-refractivity contribution is 5.93. The number of fused-ring (bicyclic) bond motifs is 1. The van der Waals surface area contributed by atoms with E-state index >= 15 is 0 Å². The molecule has 4 rings (SSSR count). The van der Waals surface area contributed by atoms with Crippen molar-refractivity contribution in [2.75, 3.05) is 0 Å². The van der Waals surface area contributed by atoms with E-state index in [2.05, 4.69) is 60.5 Å². The van der Waals surface area contributed by atoms with Gasteiger partial charge in [0.05, 0.1) is 12.5 Å². The number of carboxylic acids is 1. The highest BCUT2D eigenvalue weighted by Crippen LogP contribution is 2.36. The Labute approximate surface area is 147 Å². The fraction of sp³-hybridized carbons (Fsp3) is 0.182. The van der Waals surface area contributed by atoms with Crippen LogP contribution in [0, 0.1) is 6.92 Å². The van der Waals surface area contributed by atoms with E-state index in [4.69, 9.17) is 5.11 Å². The van der Waals surface area contributed by atoms with Crippen molar-refractivity contribution in [3.8, 4) is 0 Å². The molecule has 2 aliphatic rings. The first-order valence-electron chi connectivity index (χ1n) is 8.48. The van der Waals surface area contributed by atoms with E-state index in [0.29, 0.717) is 0 Å². The van der Waals surface area contributed by atoms with Crippen molar-refractivity contribution in [1.82, 2.24) is 0 Å². The Morgan fingerprint density at radius 3 is 2.88 bits per heavy atom. The quantitative estimate of drug-likeness (QED) is 0.875. The zero-order valence-corrected chi connectivity index (χ0v) is 14.1. The zero-order chi connectivity index (χ0) is 17.4. The summed E-state index contributed by atoms with van der Waals surface area (Å²) in [4.78, 5) is 15.3. The van der Waals surface area contributed by atoms with Crippen molar-refractivity contribution >= 4 is 23.3 Å². The van der Waals surface area contributed by atoms with Gasteiger partial charge in [0.25, 0.3) is 0 Å². The molecule has 1 aliphatic heterocycles. The fourth-order valence-electron chi connectivity index (χ4n) is 3.60. The van der Waals surface area contributed by atoms with E-state index in [9.17, 15) is 4.79 Å². The van der Waals surface area contributed by atoms with E-state index in [1.165, 1.54) is 22.3 Å². The van der Waals surface area contributed by atoms with Crippen LogP contribution in [0.25, 0.3) is 11.1 Å². The number of benzene rings is 2. The van der Waals surface area contributed by atoms with Crippen molar-refractivity contribution in [2.24, 2.45) is 4.99 Å². The van der Waals surface area contributed by atoms with Crippen molar-refractivity contribution in [2.45, 2.75) is 25.8 Å². The Morgan fingerprint density at radius 2 is 2.08 bits per heavy atom. The second-order valence-electron chi connectivity index (χ2n) is 6.58. The van der Waals surface area contributed by atoms with Gasteiger partial charge in [-0.2, -0.15) is 0 Å². The minimum Gasteiger partial charge on any atom is -0.481 e. The maximum atomic E-state index is 10.9. The summed E-state index contributed by atoms with van der Waals surface area (Å²) in [6, 6.07) is 14.4. The SMILES string of the molecule is Cc1ccccc1C1=CC(c2ccc3c(c2)C=NC3CC(=O)O)=CC1. The first-order chi connectivity index (χ1) is 12.1. The van der Waals surface area contributed by atoms with Crippen LogP contribution in [0.4, 0.5) is 0 Å². The molecular weight excluding hydrogens is 310 g/mol. The van der Waals surface area contributed by atoms with E-state index in [-0.39, 0.29) is 12.5 Å². The molecule has 1 atom stereocenters. The van der Waals surface area contributed by atoms with Crippen LogP contribution >= 0.6 is 0 Å². The molecule has 1 aliphatic carbocycles. The molecular formula is C22H19NO2. The van der Waals surface area contributed by atoms with Crippen LogP contribution in [0.1, 0.15) is 46.7 Å². The van der Waals surface area contributed by atoms with Crippen LogP contribution in [0.15, 0.2) is 59.6 Å². The molecule has 2 aromatic rings. The summed E-state index contributed by atoms with van der Waals surface area (Å²) in [5, 5.41) is 9.00. The molecule has 1 N–H and O–H groups in total. The predicted octanol–water partition coefficient (Wildman–Crippen LogP) is 4.81. The van der Waals surface area contributed by atoms with Crippen LogP contribution in [0.5, 0.6) is 0 Å². The number of carbonyl (C=O) groups is 1. The number of carboxylic acid groups (broad SMARTS) is 1. The average Bonchev–Trinajstić information content (AvgIpc) is 3.22. The maximum absolute atomic E-state index is 10.9. The lowest BCUT2D eigenvalue weighted by molar-refractivity contribution is -0.137. The third-order valence-electron chi connectivity index (χ3n) is 4.90. The second kappa shape index (κ2) is 6.17.